The number of carbonyl (C=O) groups excluding carboxylic acids is 2. The van der Waals surface area contributed by atoms with Crippen LogP contribution in [0.5, 0.6) is 0 Å². The summed E-state index contributed by atoms with van der Waals surface area (Å²) in [6.07, 6.45) is 5.63. The van der Waals surface area contributed by atoms with Crippen LogP contribution in [-0.4, -0.2) is 51.8 Å². The van der Waals surface area contributed by atoms with Gasteiger partial charge in [0.1, 0.15) is 0 Å². The quantitative estimate of drug-likeness (QED) is 0.283. The van der Waals surface area contributed by atoms with Gasteiger partial charge in [0.25, 0.3) is 5.56 Å². The summed E-state index contributed by atoms with van der Waals surface area (Å²) in [7, 11) is 1.31. The summed E-state index contributed by atoms with van der Waals surface area (Å²) >= 11 is 1.25. The van der Waals surface area contributed by atoms with Crippen LogP contribution in [0.2, 0.25) is 0 Å². The van der Waals surface area contributed by atoms with Gasteiger partial charge in [0, 0.05) is 12.6 Å². The summed E-state index contributed by atoms with van der Waals surface area (Å²) in [5.41, 5.74) is 1.14. The van der Waals surface area contributed by atoms with Crippen molar-refractivity contribution in [3.63, 3.8) is 0 Å². The van der Waals surface area contributed by atoms with Gasteiger partial charge in [0.15, 0.2) is 5.16 Å². The molecule has 0 aliphatic heterocycles. The lowest BCUT2D eigenvalue weighted by molar-refractivity contribution is -0.131. The number of amides is 1. The molecule has 1 fully saturated rings. The normalized spacial score (nSPS) is 14.2. The number of methoxy groups -OCH3 is 1. The van der Waals surface area contributed by atoms with Crippen LogP contribution in [0.25, 0.3) is 16.6 Å². The molecule has 0 unspecified atom stereocenters. The van der Waals surface area contributed by atoms with E-state index in [0.29, 0.717) is 33.9 Å². The molecule has 0 saturated heterocycles. The SMILES string of the molecule is CCN(C(=O)CSc1nc2cc(C(=O)OC)ccc2c(=O)n1-c1ccccc1)C1CCCCC1. The maximum absolute atomic E-state index is 13.5. The van der Waals surface area contributed by atoms with E-state index in [9.17, 15) is 14.4 Å². The summed E-state index contributed by atoms with van der Waals surface area (Å²) in [6, 6.07) is 14.3. The number of carbonyl (C=O) groups is 2. The Morgan fingerprint density at radius 3 is 2.53 bits per heavy atom. The first kappa shape index (κ1) is 24.0. The van der Waals surface area contributed by atoms with Gasteiger partial charge < -0.3 is 9.64 Å². The van der Waals surface area contributed by atoms with Crippen molar-refractivity contribution in [2.24, 2.45) is 0 Å². The molecule has 1 heterocycles. The molecule has 0 bridgehead atoms. The summed E-state index contributed by atoms with van der Waals surface area (Å²) in [5.74, 6) is -0.255. The number of ether oxygens (including phenoxy) is 1. The van der Waals surface area contributed by atoms with Gasteiger partial charge in [-0.15, -0.1) is 0 Å². The number of hydrogen-bond acceptors (Lipinski definition) is 6. The van der Waals surface area contributed by atoms with Gasteiger partial charge >= 0.3 is 5.97 Å². The van der Waals surface area contributed by atoms with E-state index >= 15 is 0 Å². The van der Waals surface area contributed by atoms with Crippen molar-refractivity contribution in [3.8, 4) is 5.69 Å². The Hall–Kier alpha value is -3.13. The van der Waals surface area contributed by atoms with E-state index in [1.807, 2.05) is 42.2 Å². The van der Waals surface area contributed by atoms with E-state index in [1.165, 1.54) is 29.9 Å². The average Bonchev–Trinajstić information content (AvgIpc) is 2.88. The fourth-order valence-corrected chi connectivity index (χ4v) is 5.45. The second kappa shape index (κ2) is 10.9. The van der Waals surface area contributed by atoms with Crippen molar-refractivity contribution in [2.45, 2.75) is 50.2 Å². The van der Waals surface area contributed by atoms with E-state index in [0.717, 1.165) is 25.7 Å². The minimum absolute atomic E-state index is 0.0525. The van der Waals surface area contributed by atoms with Gasteiger partial charge in [-0.3, -0.25) is 14.2 Å². The van der Waals surface area contributed by atoms with Crippen molar-refractivity contribution in [1.82, 2.24) is 14.5 Å². The Kier molecular flexibility index (Phi) is 7.67. The highest BCUT2D eigenvalue weighted by atomic mass is 32.2. The highest BCUT2D eigenvalue weighted by molar-refractivity contribution is 7.99. The van der Waals surface area contributed by atoms with E-state index in [2.05, 4.69) is 0 Å². The van der Waals surface area contributed by atoms with Crippen LogP contribution in [0.3, 0.4) is 0 Å². The summed E-state index contributed by atoms with van der Waals surface area (Å²) in [4.78, 5) is 45.3. The van der Waals surface area contributed by atoms with Crippen LogP contribution in [0, 0.1) is 0 Å². The Labute approximate surface area is 203 Å². The number of hydrogen-bond donors (Lipinski definition) is 0. The molecular weight excluding hydrogens is 450 g/mol. The van der Waals surface area contributed by atoms with Crippen LogP contribution < -0.4 is 5.56 Å². The molecule has 3 aromatic rings. The predicted molar refractivity (Wildman–Crippen MR) is 134 cm³/mol. The van der Waals surface area contributed by atoms with E-state index in [-0.39, 0.29) is 23.3 Å². The largest absolute Gasteiger partial charge is 0.465 e. The lowest BCUT2D eigenvalue weighted by atomic mass is 9.94. The monoisotopic (exact) mass is 479 g/mol. The molecular formula is C26H29N3O4S. The van der Waals surface area contributed by atoms with Crippen LogP contribution >= 0.6 is 11.8 Å². The first-order valence-electron chi connectivity index (χ1n) is 11.7. The highest BCUT2D eigenvalue weighted by Gasteiger charge is 2.25. The van der Waals surface area contributed by atoms with E-state index in [4.69, 9.17) is 9.72 Å². The summed E-state index contributed by atoms with van der Waals surface area (Å²) < 4.78 is 6.35. The van der Waals surface area contributed by atoms with Crippen molar-refractivity contribution >= 4 is 34.5 Å². The smallest absolute Gasteiger partial charge is 0.337 e. The number of para-hydroxylation sites is 1. The molecule has 1 amide bonds. The molecule has 1 saturated carbocycles. The molecule has 178 valence electrons. The minimum Gasteiger partial charge on any atom is -0.465 e. The lowest BCUT2D eigenvalue weighted by Gasteiger charge is -2.33. The van der Waals surface area contributed by atoms with Crippen LogP contribution in [0.4, 0.5) is 0 Å². The highest BCUT2D eigenvalue weighted by Crippen LogP contribution is 2.26. The van der Waals surface area contributed by atoms with Gasteiger partial charge in [-0.25, -0.2) is 9.78 Å². The summed E-state index contributed by atoms with van der Waals surface area (Å²) in [6.45, 7) is 2.68. The lowest BCUT2D eigenvalue weighted by Crippen LogP contribution is -2.42. The second-order valence-electron chi connectivity index (χ2n) is 8.35. The Balaban J connectivity index is 1.71. The van der Waals surface area contributed by atoms with Gasteiger partial charge in [0.05, 0.1) is 35.0 Å². The van der Waals surface area contributed by atoms with Crippen molar-refractivity contribution in [1.29, 1.82) is 0 Å². The number of nitrogens with zero attached hydrogens (tertiary/aromatic N) is 3. The third-order valence-electron chi connectivity index (χ3n) is 6.28. The zero-order valence-corrected chi connectivity index (χ0v) is 20.3. The maximum Gasteiger partial charge on any atom is 0.337 e. The summed E-state index contributed by atoms with van der Waals surface area (Å²) in [5, 5.41) is 0.809. The molecule has 1 aliphatic rings. The van der Waals surface area contributed by atoms with Crippen molar-refractivity contribution < 1.29 is 14.3 Å². The first-order chi connectivity index (χ1) is 16.5. The number of fused-ring (bicyclic) bond motifs is 1. The zero-order chi connectivity index (χ0) is 24.1. The van der Waals surface area contributed by atoms with Crippen LogP contribution in [0.15, 0.2) is 58.5 Å². The fraction of sp³-hybridized carbons (Fsp3) is 0.385. The maximum atomic E-state index is 13.5. The number of esters is 1. The molecule has 34 heavy (non-hydrogen) atoms. The van der Waals surface area contributed by atoms with Crippen molar-refractivity contribution in [3.05, 3.63) is 64.4 Å². The Bertz CT molecular complexity index is 1240. The van der Waals surface area contributed by atoms with Gasteiger partial charge in [0.2, 0.25) is 5.91 Å². The Morgan fingerprint density at radius 2 is 1.85 bits per heavy atom. The molecule has 8 heteroatoms. The second-order valence-corrected chi connectivity index (χ2v) is 9.30. The third-order valence-corrected chi connectivity index (χ3v) is 7.20. The topological polar surface area (TPSA) is 81.5 Å². The van der Waals surface area contributed by atoms with Gasteiger partial charge in [-0.05, 0) is 50.1 Å². The Morgan fingerprint density at radius 1 is 1.12 bits per heavy atom. The van der Waals surface area contributed by atoms with E-state index < -0.39 is 5.97 Å². The number of thioether (sulfide) groups is 1. The molecule has 7 nitrogen and oxygen atoms in total. The van der Waals surface area contributed by atoms with E-state index in [1.54, 1.807) is 18.2 Å². The number of aromatic nitrogens is 2. The molecule has 4 rings (SSSR count). The fourth-order valence-electron chi connectivity index (χ4n) is 4.55. The number of benzene rings is 2. The molecule has 0 radical (unpaired) electrons. The number of rotatable bonds is 7. The molecule has 1 aliphatic carbocycles. The average molecular weight is 480 g/mol. The predicted octanol–water partition coefficient (Wildman–Crippen LogP) is 4.45. The molecule has 2 aromatic carbocycles. The zero-order valence-electron chi connectivity index (χ0n) is 19.5. The third kappa shape index (κ3) is 5.01. The minimum atomic E-state index is -0.494. The standard InChI is InChI=1S/C26H29N3O4S/c1-3-28(19-10-6-4-7-11-19)23(30)17-34-26-27-22-16-18(25(32)33-2)14-15-21(22)24(31)29(26)20-12-8-5-9-13-20/h5,8-9,12-16,19H,3-4,6-7,10-11,17H2,1-2H3. The molecule has 1 aromatic heterocycles. The molecule has 0 N–H and O–H groups in total. The first-order valence-corrected chi connectivity index (χ1v) is 12.6. The van der Waals surface area contributed by atoms with Crippen LogP contribution in [-0.2, 0) is 9.53 Å². The van der Waals surface area contributed by atoms with Gasteiger partial charge in [-0.2, -0.15) is 0 Å². The van der Waals surface area contributed by atoms with Gasteiger partial charge in [-0.1, -0.05) is 49.2 Å². The molecule has 0 atom stereocenters. The van der Waals surface area contributed by atoms with Crippen LogP contribution in [0.1, 0.15) is 49.4 Å². The van der Waals surface area contributed by atoms with Crippen molar-refractivity contribution in [2.75, 3.05) is 19.4 Å². The molecule has 0 spiro atoms.